The Balaban J connectivity index is 1.80. The molecule has 2 aromatic rings. The van der Waals surface area contributed by atoms with Crippen molar-refractivity contribution in [3.8, 4) is 0 Å². The van der Waals surface area contributed by atoms with Crippen molar-refractivity contribution in [3.05, 3.63) is 63.2 Å². The van der Waals surface area contributed by atoms with Crippen molar-refractivity contribution >= 4 is 5.78 Å². The summed E-state index contributed by atoms with van der Waals surface area (Å²) in [5.74, 6) is 0.0706. The maximum absolute atomic E-state index is 14.1. The number of nitrogens with zero attached hydrogens (tertiary/aromatic N) is 1. The smallest absolute Gasteiger partial charge is 0.160 e. The number of carbonyl (C=O) groups excluding carboxylic acids is 1. The van der Waals surface area contributed by atoms with E-state index in [0.717, 1.165) is 60.2 Å². The van der Waals surface area contributed by atoms with Gasteiger partial charge in [0.1, 0.15) is 5.82 Å². The van der Waals surface area contributed by atoms with E-state index in [4.69, 9.17) is 5.10 Å². The van der Waals surface area contributed by atoms with Gasteiger partial charge >= 0.3 is 0 Å². The van der Waals surface area contributed by atoms with Crippen LogP contribution < -0.4 is 0 Å². The van der Waals surface area contributed by atoms with Gasteiger partial charge in [0.2, 0.25) is 0 Å². The number of aromatic amines is 1. The first-order valence-corrected chi connectivity index (χ1v) is 11.1. The number of fused-ring (bicyclic) bond motifs is 5. The number of allylic oxidation sites excluding steroid dienone is 2. The van der Waals surface area contributed by atoms with Crippen LogP contribution in [0, 0.1) is 16.6 Å². The number of Topliss-reactive ketones (excluding diaryl/α,β-unsaturated/α-hetero) is 1. The molecular formula is C26H31FN2O. The minimum atomic E-state index is -0.479. The summed E-state index contributed by atoms with van der Waals surface area (Å²) in [6.45, 7) is 11.0. The lowest BCUT2D eigenvalue weighted by molar-refractivity contribution is -0.118. The fourth-order valence-corrected chi connectivity index (χ4v) is 6.32. The Morgan fingerprint density at radius 2 is 1.97 bits per heavy atom. The second-order valence-corrected chi connectivity index (χ2v) is 11.6. The first-order chi connectivity index (χ1) is 14.0. The number of hydrogen-bond acceptors (Lipinski definition) is 2. The molecule has 0 radical (unpaired) electrons. The van der Waals surface area contributed by atoms with Crippen LogP contribution in [-0.2, 0) is 29.5 Å². The molecule has 3 aliphatic carbocycles. The third kappa shape index (κ3) is 2.83. The minimum absolute atomic E-state index is 0.0207. The van der Waals surface area contributed by atoms with Gasteiger partial charge in [0.15, 0.2) is 5.78 Å². The molecule has 5 rings (SSSR count). The Bertz CT molecular complexity index is 1100. The van der Waals surface area contributed by atoms with Crippen LogP contribution in [0.1, 0.15) is 82.0 Å². The van der Waals surface area contributed by atoms with Gasteiger partial charge in [-0.05, 0) is 59.8 Å². The number of aromatic nitrogens is 2. The normalized spacial score (nSPS) is 24.8. The fourth-order valence-electron chi connectivity index (χ4n) is 6.32. The number of rotatable bonds is 1. The maximum atomic E-state index is 14.1. The van der Waals surface area contributed by atoms with Crippen LogP contribution in [-0.4, -0.2) is 16.0 Å². The van der Waals surface area contributed by atoms with E-state index in [2.05, 4.69) is 39.7 Å². The van der Waals surface area contributed by atoms with E-state index in [0.29, 0.717) is 6.42 Å². The molecule has 0 fully saturated rings. The molecule has 0 amide bonds. The van der Waals surface area contributed by atoms with Crippen LogP contribution >= 0.6 is 0 Å². The summed E-state index contributed by atoms with van der Waals surface area (Å²) in [6, 6.07) is 5.15. The van der Waals surface area contributed by atoms with Crippen LogP contribution in [0.25, 0.3) is 0 Å². The predicted molar refractivity (Wildman–Crippen MR) is 116 cm³/mol. The van der Waals surface area contributed by atoms with E-state index in [1.54, 1.807) is 12.1 Å². The van der Waals surface area contributed by atoms with E-state index >= 15 is 0 Å². The molecule has 0 bridgehead atoms. The molecule has 1 unspecified atom stereocenters. The van der Waals surface area contributed by atoms with Gasteiger partial charge in [-0.3, -0.25) is 9.89 Å². The number of H-pyrrole nitrogens is 1. The molecule has 1 spiro atoms. The number of aryl methyl sites for hydroxylation is 1. The quantitative estimate of drug-likeness (QED) is 0.669. The number of hydrogen-bond donors (Lipinski definition) is 1. The molecule has 1 aromatic carbocycles. The van der Waals surface area contributed by atoms with Gasteiger partial charge in [-0.25, -0.2) is 4.39 Å². The lowest BCUT2D eigenvalue weighted by Gasteiger charge is -2.44. The largest absolute Gasteiger partial charge is 0.294 e. The molecule has 0 aliphatic heterocycles. The van der Waals surface area contributed by atoms with Gasteiger partial charge in [-0.1, -0.05) is 46.3 Å². The number of ketones is 1. The summed E-state index contributed by atoms with van der Waals surface area (Å²) in [4.78, 5) is 13.6. The number of nitrogens with one attached hydrogen (secondary N) is 1. The second kappa shape index (κ2) is 6.15. The molecule has 1 heterocycles. The highest BCUT2D eigenvalue weighted by Gasteiger charge is 2.54. The van der Waals surface area contributed by atoms with E-state index in [9.17, 15) is 9.18 Å². The van der Waals surface area contributed by atoms with E-state index < -0.39 is 5.41 Å². The number of carbonyl (C=O) groups is 1. The molecule has 30 heavy (non-hydrogen) atoms. The Hall–Kier alpha value is -2.23. The predicted octanol–water partition coefficient (Wildman–Crippen LogP) is 5.61. The van der Waals surface area contributed by atoms with Gasteiger partial charge in [0.25, 0.3) is 0 Å². The van der Waals surface area contributed by atoms with Crippen molar-refractivity contribution in [2.75, 3.05) is 0 Å². The highest BCUT2D eigenvalue weighted by molar-refractivity contribution is 6.02. The van der Waals surface area contributed by atoms with E-state index in [-0.39, 0.29) is 22.4 Å². The summed E-state index contributed by atoms with van der Waals surface area (Å²) >= 11 is 0. The monoisotopic (exact) mass is 406 g/mol. The van der Waals surface area contributed by atoms with Crippen LogP contribution in [0.5, 0.6) is 0 Å². The lowest BCUT2D eigenvalue weighted by Crippen LogP contribution is -2.42. The summed E-state index contributed by atoms with van der Waals surface area (Å²) in [5, 5.41) is 8.12. The van der Waals surface area contributed by atoms with Gasteiger partial charge in [-0.2, -0.15) is 5.10 Å². The fraction of sp³-hybridized carbons (Fsp3) is 0.538. The first kappa shape index (κ1) is 19.7. The summed E-state index contributed by atoms with van der Waals surface area (Å²) in [7, 11) is 0. The maximum Gasteiger partial charge on any atom is 0.160 e. The van der Waals surface area contributed by atoms with Gasteiger partial charge in [-0.15, -0.1) is 0 Å². The highest BCUT2D eigenvalue weighted by atomic mass is 19.1. The number of halogens is 1. The third-order valence-electron chi connectivity index (χ3n) is 7.12. The average Bonchev–Trinajstić information content (AvgIpc) is 3.14. The van der Waals surface area contributed by atoms with Crippen molar-refractivity contribution < 1.29 is 9.18 Å². The highest BCUT2D eigenvalue weighted by Crippen LogP contribution is 2.58. The Kier molecular flexibility index (Phi) is 4.04. The summed E-state index contributed by atoms with van der Waals surface area (Å²) < 4.78 is 14.1. The van der Waals surface area contributed by atoms with Crippen molar-refractivity contribution in [1.29, 1.82) is 0 Å². The van der Waals surface area contributed by atoms with Crippen molar-refractivity contribution in [2.24, 2.45) is 10.8 Å². The van der Waals surface area contributed by atoms with Gasteiger partial charge < -0.3 is 0 Å². The van der Waals surface area contributed by atoms with Crippen LogP contribution in [0.3, 0.4) is 0 Å². The molecule has 0 saturated carbocycles. The first-order valence-electron chi connectivity index (χ1n) is 11.1. The second-order valence-electron chi connectivity index (χ2n) is 11.6. The topological polar surface area (TPSA) is 45.8 Å². The van der Waals surface area contributed by atoms with Gasteiger partial charge in [0, 0.05) is 29.7 Å². The molecular weight excluding hydrogens is 375 g/mol. The number of benzene rings is 1. The molecule has 1 aromatic heterocycles. The Morgan fingerprint density at radius 3 is 2.70 bits per heavy atom. The zero-order valence-corrected chi connectivity index (χ0v) is 18.7. The van der Waals surface area contributed by atoms with Crippen molar-refractivity contribution in [1.82, 2.24) is 10.2 Å². The Morgan fingerprint density at radius 1 is 1.20 bits per heavy atom. The van der Waals surface area contributed by atoms with Gasteiger partial charge in [0.05, 0.1) is 11.1 Å². The SMILES string of the molecule is CC(C)(C)Cc1n[nH]c2c1C1(CCc3cc(F)ccc31)C1=C(C2)CC(C)(C)CC1=O. The molecule has 0 saturated heterocycles. The summed E-state index contributed by atoms with van der Waals surface area (Å²) in [6.07, 6.45) is 4.74. The van der Waals surface area contributed by atoms with E-state index in [1.807, 2.05) is 6.07 Å². The molecule has 3 nitrogen and oxygen atoms in total. The molecule has 158 valence electrons. The standard InChI is InChI=1S/C26H31FN2O/c1-24(2,3)13-20-23-19(28-29-20)11-16-12-25(4,5)14-21(30)22(16)26(23)9-8-15-10-17(27)6-7-18(15)26/h6-7,10H,8-9,11-14H2,1-5H3,(H,28,29). The van der Waals surface area contributed by atoms with Crippen molar-refractivity contribution in [2.45, 2.75) is 78.6 Å². The minimum Gasteiger partial charge on any atom is -0.294 e. The lowest BCUT2D eigenvalue weighted by atomic mass is 9.57. The average molecular weight is 407 g/mol. The van der Waals surface area contributed by atoms with Crippen LogP contribution in [0.4, 0.5) is 4.39 Å². The Labute approximate surface area is 178 Å². The van der Waals surface area contributed by atoms with Crippen molar-refractivity contribution in [3.63, 3.8) is 0 Å². The van der Waals surface area contributed by atoms with Crippen LogP contribution in [0.2, 0.25) is 0 Å². The molecule has 3 aliphatic rings. The van der Waals surface area contributed by atoms with Crippen LogP contribution in [0.15, 0.2) is 29.3 Å². The molecule has 1 atom stereocenters. The zero-order chi connectivity index (χ0) is 21.5. The zero-order valence-electron chi connectivity index (χ0n) is 18.7. The molecule has 1 N–H and O–H groups in total. The summed E-state index contributed by atoms with van der Waals surface area (Å²) in [5.41, 5.74) is 7.41. The van der Waals surface area contributed by atoms with E-state index in [1.165, 1.54) is 11.1 Å². The molecule has 4 heteroatoms. The third-order valence-corrected chi connectivity index (χ3v) is 7.12.